The number of hydrogen-bond donors (Lipinski definition) is 1. The molecule has 1 aromatic carbocycles. The molecule has 0 amide bonds. The number of ether oxygens (including phenoxy) is 1. The number of carbonyl (C=O) groups is 1. The Hall–Kier alpha value is -2.52. The van der Waals surface area contributed by atoms with Crippen LogP contribution in [0.25, 0.3) is 17.1 Å². The lowest BCUT2D eigenvalue weighted by atomic mass is 10.2. The van der Waals surface area contributed by atoms with E-state index in [4.69, 9.17) is 4.74 Å². The van der Waals surface area contributed by atoms with Gasteiger partial charge in [-0.3, -0.25) is 4.57 Å². The van der Waals surface area contributed by atoms with E-state index in [-0.39, 0.29) is 11.4 Å². The second-order valence-corrected chi connectivity index (χ2v) is 3.55. The van der Waals surface area contributed by atoms with E-state index in [0.29, 0.717) is 17.5 Å². The Morgan fingerprint density at radius 1 is 1.50 bits per heavy atom. The van der Waals surface area contributed by atoms with E-state index in [2.05, 4.69) is 0 Å². The summed E-state index contributed by atoms with van der Waals surface area (Å²) in [6.07, 6.45) is 1.05. The summed E-state index contributed by atoms with van der Waals surface area (Å²) in [5.74, 6) is 0.715. The molecule has 5 heteroatoms. The van der Waals surface area contributed by atoms with Crippen molar-refractivity contribution in [2.75, 3.05) is 6.61 Å². The van der Waals surface area contributed by atoms with Crippen LogP contribution in [0.3, 0.4) is 0 Å². The molecule has 18 heavy (non-hydrogen) atoms. The Balaban J connectivity index is 2.89. The second-order valence-electron chi connectivity index (χ2n) is 3.55. The average Bonchev–Trinajstić information content (AvgIpc) is 2.66. The Morgan fingerprint density at radius 2 is 2.22 bits per heavy atom. The highest BCUT2D eigenvalue weighted by Crippen LogP contribution is 2.33. The molecule has 0 aliphatic carbocycles. The van der Waals surface area contributed by atoms with Crippen LogP contribution < -0.4 is 4.74 Å². The quantitative estimate of drug-likeness (QED) is 0.837. The minimum atomic E-state index is -1.15. The number of carboxylic acids is 1. The summed E-state index contributed by atoms with van der Waals surface area (Å²) in [5, 5.41) is 9.91. The smallest absolute Gasteiger partial charge is 0.356 e. The summed E-state index contributed by atoms with van der Waals surface area (Å²) in [5.41, 5.74) is 0.531. The molecule has 0 aliphatic rings. The second kappa shape index (κ2) is 4.77. The molecule has 1 heterocycles. The third-order valence-corrected chi connectivity index (χ3v) is 2.54. The van der Waals surface area contributed by atoms with Crippen LogP contribution in [0.2, 0.25) is 0 Å². The zero-order valence-electron chi connectivity index (χ0n) is 9.71. The van der Waals surface area contributed by atoms with Crippen LogP contribution in [0.1, 0.15) is 17.4 Å². The van der Waals surface area contributed by atoms with Crippen LogP contribution in [-0.4, -0.2) is 28.2 Å². The summed E-state index contributed by atoms with van der Waals surface area (Å²) in [7, 11) is 0. The average molecular weight is 245 g/mol. The highest BCUT2D eigenvalue weighted by molar-refractivity contribution is 6.03. The van der Waals surface area contributed by atoms with Crippen LogP contribution in [0, 0.1) is 0 Å². The van der Waals surface area contributed by atoms with Crippen LogP contribution in [0.15, 0.2) is 24.3 Å². The topological polar surface area (TPSA) is 68.5 Å². The molecule has 0 aliphatic heterocycles. The monoisotopic (exact) mass is 245 g/mol. The highest BCUT2D eigenvalue weighted by Gasteiger charge is 2.22. The van der Waals surface area contributed by atoms with Gasteiger partial charge in [0, 0.05) is 5.39 Å². The molecule has 0 radical (unpaired) electrons. The highest BCUT2D eigenvalue weighted by atomic mass is 16.5. The minimum Gasteiger partial charge on any atom is -0.491 e. The number of benzene rings is 1. The lowest BCUT2D eigenvalue weighted by Gasteiger charge is -2.03. The molecule has 0 bridgehead atoms. The molecule has 0 fully saturated rings. The van der Waals surface area contributed by atoms with Gasteiger partial charge in [0.2, 0.25) is 0 Å². The van der Waals surface area contributed by atoms with Crippen molar-refractivity contribution in [3.8, 4) is 5.75 Å². The van der Waals surface area contributed by atoms with E-state index in [1.807, 2.05) is 0 Å². The SMILES string of the molecule is CCOc1c(C(=O)O)n(C=C=O)c2ccccc12. The summed E-state index contributed by atoms with van der Waals surface area (Å²) in [6.45, 7) is 2.12. The fourth-order valence-electron chi connectivity index (χ4n) is 1.91. The van der Waals surface area contributed by atoms with E-state index in [1.165, 1.54) is 4.57 Å². The van der Waals surface area contributed by atoms with E-state index >= 15 is 0 Å². The molecule has 0 unspecified atom stereocenters. The number of carboxylic acid groups (broad SMARTS) is 1. The maximum atomic E-state index is 11.3. The van der Waals surface area contributed by atoms with Crippen molar-refractivity contribution in [1.82, 2.24) is 4.57 Å². The molecule has 1 N–H and O–H groups in total. The summed E-state index contributed by atoms with van der Waals surface area (Å²) < 4.78 is 6.66. The van der Waals surface area contributed by atoms with Gasteiger partial charge in [-0.15, -0.1) is 0 Å². The van der Waals surface area contributed by atoms with Gasteiger partial charge in [0.25, 0.3) is 0 Å². The molecular formula is C13H11NO4. The largest absolute Gasteiger partial charge is 0.491 e. The maximum Gasteiger partial charge on any atom is 0.356 e. The number of carbonyl (C=O) groups excluding carboxylic acids is 1. The van der Waals surface area contributed by atoms with Crippen molar-refractivity contribution in [3.05, 3.63) is 30.0 Å². The zero-order valence-corrected chi connectivity index (χ0v) is 9.71. The van der Waals surface area contributed by atoms with Gasteiger partial charge in [-0.1, -0.05) is 12.1 Å². The first-order valence-electron chi connectivity index (χ1n) is 5.40. The van der Waals surface area contributed by atoms with Crippen molar-refractivity contribution >= 4 is 29.0 Å². The number of aromatic nitrogens is 1. The van der Waals surface area contributed by atoms with E-state index in [9.17, 15) is 14.7 Å². The fourth-order valence-corrected chi connectivity index (χ4v) is 1.91. The van der Waals surface area contributed by atoms with Gasteiger partial charge in [0.1, 0.15) is 5.94 Å². The van der Waals surface area contributed by atoms with Gasteiger partial charge in [0.15, 0.2) is 11.4 Å². The number of hydrogen-bond acceptors (Lipinski definition) is 3. The van der Waals surface area contributed by atoms with Crippen LogP contribution in [0.5, 0.6) is 5.75 Å². The van der Waals surface area contributed by atoms with Crippen LogP contribution in [-0.2, 0) is 4.79 Å². The van der Waals surface area contributed by atoms with E-state index < -0.39 is 5.97 Å². The molecule has 0 saturated carbocycles. The van der Waals surface area contributed by atoms with E-state index in [0.717, 1.165) is 6.20 Å². The third kappa shape index (κ3) is 1.77. The van der Waals surface area contributed by atoms with Crippen molar-refractivity contribution in [3.63, 3.8) is 0 Å². The number of rotatable bonds is 4. The van der Waals surface area contributed by atoms with Gasteiger partial charge in [-0.2, -0.15) is 0 Å². The van der Waals surface area contributed by atoms with Crippen molar-refractivity contribution in [2.45, 2.75) is 6.92 Å². The number of aromatic carboxylic acids is 1. The standard InChI is InChI=1S/C13H11NO4/c1-2-18-12-9-5-3-4-6-10(9)14(7-8-15)11(12)13(16)17/h3-7H,2H2,1H3,(H,16,17). The first-order valence-corrected chi connectivity index (χ1v) is 5.40. The van der Waals surface area contributed by atoms with Crippen molar-refractivity contribution < 1.29 is 19.4 Å². The molecule has 2 rings (SSSR count). The van der Waals surface area contributed by atoms with Gasteiger partial charge in [-0.05, 0) is 19.1 Å². The molecular weight excluding hydrogens is 234 g/mol. The molecule has 2 aromatic rings. The summed E-state index contributed by atoms with van der Waals surface area (Å²) >= 11 is 0. The van der Waals surface area contributed by atoms with Gasteiger partial charge in [0.05, 0.1) is 18.3 Å². The number of nitrogens with zero attached hydrogens (tertiary/aromatic N) is 1. The maximum absolute atomic E-state index is 11.3. The number of fused-ring (bicyclic) bond motifs is 1. The Morgan fingerprint density at radius 3 is 2.83 bits per heavy atom. The first kappa shape index (κ1) is 12.0. The van der Waals surface area contributed by atoms with Gasteiger partial charge in [-0.25, -0.2) is 9.59 Å². The normalized spacial score (nSPS) is 10.1. The minimum absolute atomic E-state index is 0.0681. The molecule has 0 saturated heterocycles. The van der Waals surface area contributed by atoms with E-state index in [1.54, 1.807) is 37.1 Å². The van der Waals surface area contributed by atoms with Crippen molar-refractivity contribution in [1.29, 1.82) is 0 Å². The van der Waals surface area contributed by atoms with Crippen LogP contribution in [0.4, 0.5) is 0 Å². The van der Waals surface area contributed by atoms with Crippen LogP contribution >= 0.6 is 0 Å². The molecule has 92 valence electrons. The Labute approximate surface area is 103 Å². The molecule has 0 atom stereocenters. The predicted molar refractivity (Wildman–Crippen MR) is 66.5 cm³/mol. The summed E-state index contributed by atoms with van der Waals surface area (Å²) in [6, 6.07) is 7.02. The molecule has 5 nitrogen and oxygen atoms in total. The lowest BCUT2D eigenvalue weighted by Crippen LogP contribution is -2.06. The third-order valence-electron chi connectivity index (χ3n) is 2.54. The molecule has 1 aromatic heterocycles. The Kier molecular flexibility index (Phi) is 3.17. The molecule has 0 spiro atoms. The first-order chi connectivity index (χ1) is 8.70. The van der Waals surface area contributed by atoms with Gasteiger partial charge < -0.3 is 9.84 Å². The predicted octanol–water partition coefficient (Wildman–Crippen LogP) is 2.04. The zero-order chi connectivity index (χ0) is 13.1. The summed E-state index contributed by atoms with van der Waals surface area (Å²) in [4.78, 5) is 21.8. The number of para-hydroxylation sites is 1. The van der Waals surface area contributed by atoms with Crippen molar-refractivity contribution in [2.24, 2.45) is 0 Å². The fraction of sp³-hybridized carbons (Fsp3) is 0.154. The lowest BCUT2D eigenvalue weighted by molar-refractivity contribution is 0.0685. The van der Waals surface area contributed by atoms with Gasteiger partial charge >= 0.3 is 5.97 Å². The Bertz CT molecular complexity index is 650.